The first-order valence-corrected chi connectivity index (χ1v) is 49.8. The molecule has 0 aliphatic carbocycles. The predicted molar refractivity (Wildman–Crippen MR) is 549 cm³/mol. The first-order chi connectivity index (χ1) is 57.3. The van der Waals surface area contributed by atoms with Crippen molar-refractivity contribution in [3.63, 3.8) is 0 Å². The molecule has 6 amide bonds. The molecule has 4 N–H and O–H groups in total. The standard InChI is InChI=1S/C16H32N2O.C16H31NO.C15H29NO.2C13H27NO2.C13H26O2.C12H25NO2.C11H20N2/c1-15(2,3)13-8-10-18(11-9-13)14(19)12-17(7)16(4,5)6;1-15(2,3)10-7-14(18)17-11-8-13(9-12-17)16(4,5)6;1-14(2,3)11-13(17)16-9-7-12(8-10-16)15(4,5)6;2*1-12(2,3)8-7-9-14-11(15)10-16-13(4,5)6;1-12(2,3)9-7-8-11(14)10-15-13(4,5)6;1-11(2,3)7-8-13-10(14)9-15-12(4,5)6;1-10(2,3)8-7-9(13-12-8)11(4,5)6/h13H,8-12H2,1-7H3;13H,7-12H2,1-6H3;12H,7-11H2,1-6H3;2*7-10H2,1-6H3,(H,14,15);7-10H2,1-6H3;7-9H2,1-6H3,(H,13,14);7H,1-6H3,(H,12,13). The van der Waals surface area contributed by atoms with Gasteiger partial charge in [0.05, 0.1) is 34.6 Å². The van der Waals surface area contributed by atoms with Crippen LogP contribution in [0.1, 0.15) is 453 Å². The summed E-state index contributed by atoms with van der Waals surface area (Å²) < 4.78 is 21.5. The van der Waals surface area contributed by atoms with Crippen molar-refractivity contribution in [1.29, 1.82) is 0 Å². The molecule has 3 aliphatic heterocycles. The molecule has 0 aromatic carbocycles. The van der Waals surface area contributed by atoms with Crippen molar-refractivity contribution >= 4 is 41.2 Å². The second kappa shape index (κ2) is 56.9. The topological polar surface area (TPSA) is 234 Å². The summed E-state index contributed by atoms with van der Waals surface area (Å²) in [5.74, 6) is 3.39. The summed E-state index contributed by atoms with van der Waals surface area (Å²) >= 11 is 0. The third kappa shape index (κ3) is 79.4. The molecule has 0 saturated carbocycles. The van der Waals surface area contributed by atoms with E-state index < -0.39 is 0 Å². The van der Waals surface area contributed by atoms with Gasteiger partial charge in [-0.25, -0.2) is 0 Å². The number of ketones is 1. The van der Waals surface area contributed by atoms with Crippen LogP contribution in [0.2, 0.25) is 0 Å². The summed E-state index contributed by atoms with van der Waals surface area (Å²) in [7, 11) is 2.03. The Morgan fingerprint density at radius 1 is 0.349 bits per heavy atom. The molecule has 4 rings (SSSR count). The van der Waals surface area contributed by atoms with Gasteiger partial charge in [-0.05, 0) is 273 Å². The Hall–Kier alpha value is -4.50. The molecule has 764 valence electrons. The minimum atomic E-state index is -0.249. The molecular weight excluding hydrogens is 1610 g/mol. The summed E-state index contributed by atoms with van der Waals surface area (Å²) in [6, 6.07) is 2.17. The largest absolute Gasteiger partial charge is 0.368 e. The molecule has 3 saturated heterocycles. The van der Waals surface area contributed by atoms with Crippen molar-refractivity contribution in [2.75, 3.05) is 98.9 Å². The highest BCUT2D eigenvalue weighted by Gasteiger charge is 2.35. The van der Waals surface area contributed by atoms with Gasteiger partial charge in [0, 0.05) is 100 Å². The van der Waals surface area contributed by atoms with E-state index in [1.54, 1.807) is 0 Å². The van der Waals surface area contributed by atoms with Crippen LogP contribution in [0.5, 0.6) is 0 Å². The van der Waals surface area contributed by atoms with E-state index in [2.05, 4.69) is 296 Å². The maximum absolute atomic E-state index is 12.3. The molecule has 20 heteroatoms. The summed E-state index contributed by atoms with van der Waals surface area (Å²) in [5.41, 5.74) is 4.54. The van der Waals surface area contributed by atoms with Crippen LogP contribution in [-0.2, 0) is 63.3 Å². The maximum atomic E-state index is 12.3. The van der Waals surface area contributed by atoms with E-state index in [1.807, 2.05) is 95.0 Å². The zero-order valence-corrected chi connectivity index (χ0v) is 94.5. The third-order valence-electron chi connectivity index (χ3n) is 22.7. The predicted octanol–water partition coefficient (Wildman–Crippen LogP) is 25.2. The van der Waals surface area contributed by atoms with Crippen LogP contribution >= 0.6 is 0 Å². The van der Waals surface area contributed by atoms with Crippen LogP contribution in [0.3, 0.4) is 0 Å². The van der Waals surface area contributed by atoms with Gasteiger partial charge in [-0.15, -0.1) is 0 Å². The quantitative estimate of drug-likeness (QED) is 0.0706. The van der Waals surface area contributed by atoms with E-state index in [9.17, 15) is 33.6 Å². The van der Waals surface area contributed by atoms with Crippen molar-refractivity contribution in [1.82, 2.24) is 45.7 Å². The van der Waals surface area contributed by atoms with Gasteiger partial charge in [0.2, 0.25) is 35.4 Å². The lowest BCUT2D eigenvalue weighted by molar-refractivity contribution is -0.135. The molecule has 4 heterocycles. The molecule has 3 aliphatic rings. The van der Waals surface area contributed by atoms with Crippen molar-refractivity contribution in [2.24, 2.45) is 66.5 Å². The first-order valence-electron chi connectivity index (χ1n) is 49.8. The number of ether oxygens (including phenoxy) is 4. The molecule has 0 bridgehead atoms. The molecule has 0 unspecified atom stereocenters. The number of aromatic amines is 1. The zero-order chi connectivity index (χ0) is 102. The second-order valence-corrected chi connectivity index (χ2v) is 54.8. The van der Waals surface area contributed by atoms with E-state index in [-0.39, 0.29) is 111 Å². The number of hydrogen-bond donors (Lipinski definition) is 4. The van der Waals surface area contributed by atoms with Crippen molar-refractivity contribution < 1.29 is 52.5 Å². The third-order valence-corrected chi connectivity index (χ3v) is 22.7. The van der Waals surface area contributed by atoms with E-state index in [4.69, 9.17) is 18.9 Å². The number of nitrogens with zero attached hydrogens (tertiary/aromatic N) is 5. The second-order valence-electron chi connectivity index (χ2n) is 54.8. The number of rotatable bonds is 24. The number of hydrogen-bond acceptors (Lipinski definition) is 13. The maximum Gasteiger partial charge on any atom is 0.246 e. The average molecular weight is 1830 g/mol. The van der Waals surface area contributed by atoms with Gasteiger partial charge >= 0.3 is 0 Å². The first kappa shape index (κ1) is 131. The molecule has 0 spiro atoms. The Bertz CT molecular complexity index is 3110. The summed E-state index contributed by atoms with van der Waals surface area (Å²) in [6.45, 7) is 112. The number of Topliss-reactive ketones (excluding diaryl/α,β-unsaturated/α-hetero) is 1. The van der Waals surface area contributed by atoms with Crippen LogP contribution < -0.4 is 16.0 Å². The fourth-order valence-corrected chi connectivity index (χ4v) is 13.3. The van der Waals surface area contributed by atoms with Gasteiger partial charge in [0.15, 0.2) is 5.78 Å². The van der Waals surface area contributed by atoms with Crippen LogP contribution in [0.4, 0.5) is 0 Å². The Balaban J connectivity index is -0.000000694. The SMILES string of the molecule is CC(C)(C)CC(=O)N1CCC(C(C)(C)C)CC1.CC(C)(C)CCC(=O)N1CCC(C(C)(C)C)CC1.CC(C)(C)CCCC(=O)COC(C)(C)C.CC(C)(C)CCCNC(=O)COC(C)(C)C.CC(C)(C)CCCNC(=O)COC(C)(C)C.CC(C)(C)CCNC(=O)COC(C)(C)C.CC(C)(C)c1cc(C(C)(C)C)[nH]n1.CN(CC(=O)N1CCC(C(C)(C)C)CC1)C(C)(C)C. The smallest absolute Gasteiger partial charge is 0.246 e. The number of amides is 6. The minimum absolute atomic E-state index is 0.0242. The Kier molecular flexibility index (Phi) is 57.7. The van der Waals surface area contributed by atoms with Crippen LogP contribution in [-0.4, -0.2) is 198 Å². The fraction of sp³-hybridized carbons (Fsp3) is 0.908. The Morgan fingerprint density at radius 3 is 0.891 bits per heavy atom. The van der Waals surface area contributed by atoms with Crippen LogP contribution in [0.25, 0.3) is 0 Å². The lowest BCUT2D eigenvalue weighted by Crippen LogP contribution is -2.48. The zero-order valence-electron chi connectivity index (χ0n) is 94.5. The molecule has 20 nitrogen and oxygen atoms in total. The van der Waals surface area contributed by atoms with Gasteiger partial charge < -0.3 is 49.6 Å². The fourth-order valence-electron chi connectivity index (χ4n) is 13.3. The molecule has 3 fully saturated rings. The van der Waals surface area contributed by atoms with Gasteiger partial charge in [0.25, 0.3) is 0 Å². The van der Waals surface area contributed by atoms with Gasteiger partial charge in [-0.3, -0.25) is 43.6 Å². The number of H-pyrrole nitrogens is 1. The van der Waals surface area contributed by atoms with E-state index in [0.717, 1.165) is 147 Å². The van der Waals surface area contributed by atoms with E-state index in [0.29, 0.717) is 70.1 Å². The molecular formula is C109H217N9O11. The number of carbonyl (C=O) groups is 7. The molecule has 0 radical (unpaired) electrons. The van der Waals surface area contributed by atoms with Crippen molar-refractivity contribution in [3.05, 3.63) is 17.5 Å². The van der Waals surface area contributed by atoms with Crippen LogP contribution in [0.15, 0.2) is 6.07 Å². The molecule has 129 heavy (non-hydrogen) atoms. The normalized spacial score (nSPS) is 15.5. The Labute approximate surface area is 798 Å². The molecule has 1 aromatic heterocycles. The highest BCUT2D eigenvalue weighted by Crippen LogP contribution is 2.38. The molecule has 1 aromatic rings. The highest BCUT2D eigenvalue weighted by atomic mass is 16.5. The van der Waals surface area contributed by atoms with E-state index in [1.165, 1.54) is 31.4 Å². The number of likely N-dealkylation sites (tertiary alicyclic amines) is 3. The van der Waals surface area contributed by atoms with E-state index >= 15 is 0 Å². The Morgan fingerprint density at radius 2 is 0.636 bits per heavy atom. The number of piperidine rings is 3. The number of likely N-dealkylation sites (N-methyl/N-ethyl adjacent to an activating group) is 1. The number of aromatic nitrogens is 2. The number of nitrogens with one attached hydrogen (secondary N) is 4. The van der Waals surface area contributed by atoms with Crippen molar-refractivity contribution in [3.8, 4) is 0 Å². The lowest BCUT2D eigenvalue weighted by Gasteiger charge is -2.40. The summed E-state index contributed by atoms with van der Waals surface area (Å²) in [4.78, 5) is 90.4. The highest BCUT2D eigenvalue weighted by molar-refractivity contribution is 5.80. The van der Waals surface area contributed by atoms with Crippen molar-refractivity contribution in [2.45, 2.75) is 480 Å². The van der Waals surface area contributed by atoms with Gasteiger partial charge in [-0.2, -0.15) is 5.10 Å². The van der Waals surface area contributed by atoms with Crippen LogP contribution in [0, 0.1) is 66.5 Å². The number of carbonyl (C=O) groups excluding carboxylic acids is 7. The minimum Gasteiger partial charge on any atom is -0.368 e. The molecule has 0 atom stereocenters. The lowest BCUT2D eigenvalue weighted by atomic mass is 9.75. The average Bonchev–Trinajstić information content (AvgIpc) is 1.71. The summed E-state index contributed by atoms with van der Waals surface area (Å²) in [5, 5.41) is 16.0. The summed E-state index contributed by atoms with van der Waals surface area (Å²) in [6.07, 6.45) is 17.3. The monoisotopic (exact) mass is 1830 g/mol. The van der Waals surface area contributed by atoms with Gasteiger partial charge in [-0.1, -0.05) is 228 Å². The van der Waals surface area contributed by atoms with Gasteiger partial charge in [0.1, 0.15) is 26.4 Å².